The number of benzene rings is 4. The molecule has 0 radical (unpaired) electrons. The molecule has 0 N–H and O–H groups in total. The predicted octanol–water partition coefficient (Wildman–Crippen LogP) is 7.62. The molecule has 4 aromatic carbocycles. The van der Waals surface area contributed by atoms with Gasteiger partial charge >= 0.3 is 0 Å². The van der Waals surface area contributed by atoms with Crippen LogP contribution < -0.4 is 0 Å². The van der Waals surface area contributed by atoms with Crippen LogP contribution in [-0.4, -0.2) is 24.3 Å². The van der Waals surface area contributed by atoms with Gasteiger partial charge in [0, 0.05) is 56.1 Å². The molecule has 0 aromatic heterocycles. The standard InChI is InChI=1S/C28H14N4O5S2/c33-15-29-19-9-11-27(23(13-19)21-5-1-3-7-25(21)31-17-35)38-37-39-28-12-10-20(30-16-34)14-24(28)22-6-2-4-8-26(22)32-18-36/h1-14H. The van der Waals surface area contributed by atoms with Crippen LogP contribution in [0.3, 0.4) is 0 Å². The van der Waals surface area contributed by atoms with Gasteiger partial charge in [0.2, 0.25) is 24.3 Å². The molecule has 0 amide bonds. The first-order valence-electron chi connectivity index (χ1n) is 11.0. The minimum Gasteiger partial charge on any atom is -0.237 e. The third kappa shape index (κ3) is 6.69. The highest BCUT2D eigenvalue weighted by Gasteiger charge is 2.15. The second kappa shape index (κ2) is 13.6. The highest BCUT2D eigenvalue weighted by Crippen LogP contribution is 2.44. The second-order valence-corrected chi connectivity index (χ2v) is 9.20. The van der Waals surface area contributed by atoms with Gasteiger partial charge in [0.1, 0.15) is 0 Å². The average molecular weight is 551 g/mol. The van der Waals surface area contributed by atoms with Gasteiger partial charge in [0.25, 0.3) is 0 Å². The lowest BCUT2D eigenvalue weighted by Crippen LogP contribution is -1.86. The number of isocyanates is 4. The Morgan fingerprint density at radius 3 is 1.31 bits per heavy atom. The summed E-state index contributed by atoms with van der Waals surface area (Å²) >= 11 is 2.07. The number of aliphatic imine (C=N–C) groups is 4. The normalized spacial score (nSPS) is 9.85. The van der Waals surface area contributed by atoms with Crippen LogP contribution in [-0.2, 0) is 22.8 Å². The fourth-order valence-corrected chi connectivity index (χ4v) is 5.12. The zero-order valence-corrected chi connectivity index (χ0v) is 21.4. The van der Waals surface area contributed by atoms with Gasteiger partial charge in [-0.3, -0.25) is 0 Å². The molecular formula is C28H14N4O5S2. The number of nitrogens with zero attached hydrogens (tertiary/aromatic N) is 4. The Kier molecular flexibility index (Phi) is 9.42. The van der Waals surface area contributed by atoms with Crippen LogP contribution in [0.4, 0.5) is 22.7 Å². The summed E-state index contributed by atoms with van der Waals surface area (Å²) in [6.07, 6.45) is 6.14. The van der Waals surface area contributed by atoms with Gasteiger partial charge in [-0.05, 0) is 48.5 Å². The van der Waals surface area contributed by atoms with E-state index in [0.29, 0.717) is 54.8 Å². The van der Waals surface area contributed by atoms with E-state index in [-0.39, 0.29) is 0 Å². The molecule has 4 aromatic rings. The topological polar surface area (TPSA) is 127 Å². The van der Waals surface area contributed by atoms with Crippen molar-refractivity contribution in [1.29, 1.82) is 0 Å². The van der Waals surface area contributed by atoms with Crippen molar-refractivity contribution in [3.05, 3.63) is 84.9 Å². The quantitative estimate of drug-likeness (QED) is 0.113. The van der Waals surface area contributed by atoms with Crippen LogP contribution >= 0.6 is 24.1 Å². The van der Waals surface area contributed by atoms with Crippen molar-refractivity contribution >= 4 is 71.2 Å². The van der Waals surface area contributed by atoms with Gasteiger partial charge in [-0.2, -0.15) is 20.0 Å². The van der Waals surface area contributed by atoms with E-state index in [9.17, 15) is 19.2 Å². The molecule has 188 valence electrons. The lowest BCUT2D eigenvalue weighted by atomic mass is 10.0. The molecule has 0 aliphatic carbocycles. The maximum absolute atomic E-state index is 11.0. The number of carbonyl (C=O) groups excluding carboxylic acids is 4. The van der Waals surface area contributed by atoms with Crippen molar-refractivity contribution in [1.82, 2.24) is 0 Å². The van der Waals surface area contributed by atoms with Crippen LogP contribution in [0.25, 0.3) is 22.3 Å². The highest BCUT2D eigenvalue weighted by atomic mass is 32.2. The smallest absolute Gasteiger partial charge is 0.237 e. The summed E-state index contributed by atoms with van der Waals surface area (Å²) in [6, 6.07) is 23.9. The maximum atomic E-state index is 11.0. The molecule has 0 spiro atoms. The number of hydrogen-bond donors (Lipinski definition) is 0. The van der Waals surface area contributed by atoms with Crippen molar-refractivity contribution < 1.29 is 22.8 Å². The lowest BCUT2D eigenvalue weighted by molar-refractivity contribution is 0.564. The van der Waals surface area contributed by atoms with E-state index in [1.165, 1.54) is 12.2 Å². The van der Waals surface area contributed by atoms with Gasteiger partial charge in [-0.25, -0.2) is 22.8 Å². The van der Waals surface area contributed by atoms with Crippen molar-refractivity contribution in [3.63, 3.8) is 0 Å². The van der Waals surface area contributed by atoms with Crippen molar-refractivity contribution in [2.24, 2.45) is 20.0 Å². The molecule has 0 unspecified atom stereocenters. The molecule has 39 heavy (non-hydrogen) atoms. The van der Waals surface area contributed by atoms with Crippen molar-refractivity contribution in [2.45, 2.75) is 9.79 Å². The largest absolute Gasteiger partial charge is 0.240 e. The van der Waals surface area contributed by atoms with E-state index in [0.717, 1.165) is 24.1 Å². The highest BCUT2D eigenvalue weighted by molar-refractivity contribution is 8.08. The minimum atomic E-state index is 0.364. The summed E-state index contributed by atoms with van der Waals surface area (Å²) in [4.78, 5) is 59.8. The third-order valence-electron chi connectivity index (χ3n) is 5.24. The fourth-order valence-electron chi connectivity index (χ4n) is 3.63. The molecule has 0 saturated carbocycles. The zero-order chi connectivity index (χ0) is 27.5. The summed E-state index contributed by atoms with van der Waals surface area (Å²) in [6.45, 7) is 0. The Hall–Kier alpha value is -4.94. The molecular weight excluding hydrogens is 536 g/mol. The Labute approximate surface area is 230 Å². The summed E-state index contributed by atoms with van der Waals surface area (Å²) in [5, 5.41) is 0. The first-order chi connectivity index (χ1) is 19.2. The predicted molar refractivity (Wildman–Crippen MR) is 148 cm³/mol. The zero-order valence-electron chi connectivity index (χ0n) is 19.7. The molecule has 11 heteroatoms. The Bertz CT molecular complexity index is 1610. The first-order valence-corrected chi connectivity index (χ1v) is 12.5. The summed E-state index contributed by atoms with van der Waals surface area (Å²) in [5.41, 5.74) is 3.95. The molecule has 0 bridgehead atoms. The maximum Gasteiger partial charge on any atom is 0.240 e. The summed E-state index contributed by atoms with van der Waals surface area (Å²) < 4.78 is 5.93. The minimum absolute atomic E-state index is 0.364. The van der Waals surface area contributed by atoms with E-state index in [1.54, 1.807) is 97.1 Å². The summed E-state index contributed by atoms with van der Waals surface area (Å²) in [5.74, 6) is 0. The number of rotatable bonds is 10. The van der Waals surface area contributed by atoms with E-state index < -0.39 is 0 Å². The first kappa shape index (κ1) is 27.1. The van der Waals surface area contributed by atoms with Gasteiger partial charge in [0.15, 0.2) is 0 Å². The Balaban J connectivity index is 1.70. The van der Waals surface area contributed by atoms with Gasteiger partial charge in [-0.15, -0.1) is 0 Å². The third-order valence-corrected chi connectivity index (χ3v) is 6.86. The van der Waals surface area contributed by atoms with Gasteiger partial charge in [-0.1, -0.05) is 36.4 Å². The Morgan fingerprint density at radius 2 is 0.897 bits per heavy atom. The van der Waals surface area contributed by atoms with E-state index in [4.69, 9.17) is 3.63 Å². The number of para-hydroxylation sites is 2. The van der Waals surface area contributed by atoms with E-state index >= 15 is 0 Å². The molecule has 4 rings (SSSR count). The molecule has 0 aliphatic heterocycles. The molecule has 9 nitrogen and oxygen atoms in total. The monoisotopic (exact) mass is 550 g/mol. The Morgan fingerprint density at radius 1 is 0.487 bits per heavy atom. The van der Waals surface area contributed by atoms with E-state index in [2.05, 4.69) is 20.0 Å². The van der Waals surface area contributed by atoms with Crippen LogP contribution in [0, 0.1) is 0 Å². The SMILES string of the molecule is O=C=Nc1ccc(SOSc2ccc(N=C=O)cc2-c2ccccc2N=C=O)c(-c2ccccc2N=C=O)c1. The molecule has 0 fully saturated rings. The van der Waals surface area contributed by atoms with Gasteiger partial charge < -0.3 is 0 Å². The lowest BCUT2D eigenvalue weighted by Gasteiger charge is -2.13. The van der Waals surface area contributed by atoms with Crippen LogP contribution in [0.15, 0.2) is 115 Å². The van der Waals surface area contributed by atoms with Crippen molar-refractivity contribution in [2.75, 3.05) is 0 Å². The molecule has 0 atom stereocenters. The van der Waals surface area contributed by atoms with Crippen LogP contribution in [0.2, 0.25) is 0 Å². The second-order valence-electron chi connectivity index (χ2n) is 7.44. The van der Waals surface area contributed by atoms with Crippen LogP contribution in [0.1, 0.15) is 0 Å². The van der Waals surface area contributed by atoms with Gasteiger partial charge in [0.05, 0.1) is 22.7 Å². The number of hydrogen-bond acceptors (Lipinski definition) is 11. The molecule has 0 heterocycles. The van der Waals surface area contributed by atoms with E-state index in [1.807, 2.05) is 0 Å². The summed E-state index contributed by atoms with van der Waals surface area (Å²) in [7, 11) is 0. The van der Waals surface area contributed by atoms with Crippen LogP contribution in [0.5, 0.6) is 0 Å². The molecule has 0 aliphatic rings. The van der Waals surface area contributed by atoms with Crippen molar-refractivity contribution in [3.8, 4) is 22.3 Å². The molecule has 0 saturated heterocycles. The average Bonchev–Trinajstić information content (AvgIpc) is 2.96. The fraction of sp³-hybridized carbons (Fsp3) is 0.